The predicted octanol–water partition coefficient (Wildman–Crippen LogP) is -0.401. The van der Waals surface area contributed by atoms with Gasteiger partial charge < -0.3 is 8.99 Å². The average molecular weight is 189 g/mol. The molecule has 0 atom stereocenters. The van der Waals surface area contributed by atoms with Crippen LogP contribution in [0, 0.1) is 0 Å². The van der Waals surface area contributed by atoms with E-state index in [2.05, 4.69) is 22.0 Å². The first-order valence-corrected chi connectivity index (χ1v) is 4.02. The zero-order valence-corrected chi connectivity index (χ0v) is 8.79. The number of nitrogens with zero attached hydrogens (tertiary/aromatic N) is 3. The Balaban J connectivity index is 3.46. The summed E-state index contributed by atoms with van der Waals surface area (Å²) in [6.45, 7) is 2.01. The number of thiol groups is 1. The van der Waals surface area contributed by atoms with Crippen molar-refractivity contribution in [1.29, 1.82) is 0 Å². The fraction of sp³-hybridized carbons (Fsp3) is 1.00. The molecule has 0 heterocycles. The molecular weight excluding hydrogens is 173 g/mol. The summed E-state index contributed by atoms with van der Waals surface area (Å²) in [5.41, 5.74) is 0. The van der Waals surface area contributed by atoms with Crippen molar-refractivity contribution in [3.63, 3.8) is 0 Å². The molecule has 0 aromatic heterocycles. The molecule has 0 rings (SSSR count). The smallest absolute Gasteiger partial charge is 0.183 e. The Morgan fingerprint density at radius 2 is 1.75 bits per heavy atom. The van der Waals surface area contributed by atoms with E-state index in [0.717, 1.165) is 13.3 Å². The lowest BCUT2D eigenvalue weighted by atomic mass is 10.4. The summed E-state index contributed by atoms with van der Waals surface area (Å²) < 4.78 is 4.66. The maximum absolute atomic E-state index is 5.47. The molecule has 6 heteroatoms. The highest BCUT2D eigenvalue weighted by Gasteiger charge is 2.02. The summed E-state index contributed by atoms with van der Waals surface area (Å²) in [4.78, 5) is 5.67. The maximum atomic E-state index is 5.47. The lowest BCUT2D eigenvalue weighted by Gasteiger charge is -2.26. The number of rotatable bonds is 6. The van der Waals surface area contributed by atoms with Crippen LogP contribution in [0.2, 0.25) is 0 Å². The molecule has 0 N–H and O–H groups in total. The Morgan fingerprint density at radius 3 is 2.17 bits per heavy atom. The molecule has 4 nitrogen and oxygen atoms in total. The van der Waals surface area contributed by atoms with Crippen LogP contribution in [-0.4, -0.2) is 63.8 Å². The van der Waals surface area contributed by atoms with Crippen LogP contribution < -0.4 is 0 Å². The third-order valence-corrected chi connectivity index (χ3v) is 1.34. The average Bonchev–Trinajstić information content (AvgIpc) is 1.84. The highest BCUT2D eigenvalue weighted by molar-refractivity contribution is 7.75. The van der Waals surface area contributed by atoms with E-state index < -0.39 is 0 Å². The van der Waals surface area contributed by atoms with Gasteiger partial charge in [0.25, 0.3) is 0 Å². The van der Waals surface area contributed by atoms with Crippen molar-refractivity contribution in [2.75, 3.05) is 41.2 Å². The molecule has 12 heavy (non-hydrogen) atoms. The summed E-state index contributed by atoms with van der Waals surface area (Å²) in [5, 5.41) is 0. The zero-order chi connectivity index (χ0) is 9.56. The zero-order valence-electron chi connectivity index (χ0n) is 7.90. The van der Waals surface area contributed by atoms with E-state index >= 15 is 0 Å². The maximum Gasteiger partial charge on any atom is 0.183 e. The van der Waals surface area contributed by atoms with Gasteiger partial charge in [0, 0.05) is 6.67 Å². The van der Waals surface area contributed by atoms with Crippen LogP contribution in [0.15, 0.2) is 0 Å². The van der Waals surface area contributed by atoms with Crippen molar-refractivity contribution in [1.82, 2.24) is 14.6 Å². The normalized spacial score (nSPS) is 11.9. The van der Waals surface area contributed by atoms with Crippen molar-refractivity contribution >= 4 is 20.9 Å². The third kappa shape index (κ3) is 6.93. The fourth-order valence-corrected chi connectivity index (χ4v) is 1.17. The first kappa shape index (κ1) is 12.3. The van der Waals surface area contributed by atoms with Crippen molar-refractivity contribution in [2.45, 2.75) is 0 Å². The molecular formula is C6H16BN3OS. The molecule has 0 aliphatic heterocycles. The van der Waals surface area contributed by atoms with Gasteiger partial charge in [0.1, 0.15) is 6.73 Å². The van der Waals surface area contributed by atoms with Crippen LogP contribution in [0.25, 0.3) is 0 Å². The molecule has 0 aromatic carbocycles. The Labute approximate surface area is 81.5 Å². The number of hydrogen-bond acceptors (Lipinski definition) is 5. The Morgan fingerprint density at radius 1 is 1.17 bits per heavy atom. The topological polar surface area (TPSA) is 19.0 Å². The van der Waals surface area contributed by atoms with Crippen molar-refractivity contribution < 1.29 is 4.18 Å². The predicted molar refractivity (Wildman–Crippen MR) is 53.7 cm³/mol. The Kier molecular flexibility index (Phi) is 6.88. The molecule has 0 amide bonds. The second-order valence-electron chi connectivity index (χ2n) is 3.01. The molecule has 0 fully saturated rings. The van der Waals surface area contributed by atoms with Gasteiger partial charge in [-0.15, -0.1) is 0 Å². The van der Waals surface area contributed by atoms with Gasteiger partial charge in [-0.2, -0.15) is 0 Å². The van der Waals surface area contributed by atoms with Crippen molar-refractivity contribution in [3.05, 3.63) is 0 Å². The van der Waals surface area contributed by atoms with Gasteiger partial charge in [0.15, 0.2) is 7.98 Å². The Hall–Kier alpha value is 0.255. The minimum absolute atomic E-state index is 0.502. The van der Waals surface area contributed by atoms with Gasteiger partial charge in [-0.05, 0) is 34.1 Å². The molecule has 0 spiro atoms. The van der Waals surface area contributed by atoms with E-state index in [-0.39, 0.29) is 0 Å². The standard InChI is InChI=1S/C6H16BN3OS/c1-8(5-10(3)7)4-9(2)6-11-12/h12H,4-6H2,1-3H3. The molecule has 0 bridgehead atoms. The van der Waals surface area contributed by atoms with Gasteiger partial charge in [0.05, 0.1) is 6.67 Å². The van der Waals surface area contributed by atoms with Gasteiger partial charge in [0.2, 0.25) is 0 Å². The quantitative estimate of drug-likeness (QED) is 0.265. The van der Waals surface area contributed by atoms with E-state index in [1.165, 1.54) is 0 Å². The van der Waals surface area contributed by atoms with Gasteiger partial charge >= 0.3 is 0 Å². The summed E-state index contributed by atoms with van der Waals surface area (Å²) in [7, 11) is 11.2. The number of hydrogen-bond donors (Lipinski definition) is 1. The summed E-state index contributed by atoms with van der Waals surface area (Å²) in [5.74, 6) is 0. The first-order chi connectivity index (χ1) is 5.56. The van der Waals surface area contributed by atoms with Gasteiger partial charge in [-0.25, -0.2) is 0 Å². The van der Waals surface area contributed by atoms with Crippen LogP contribution in [-0.2, 0) is 4.18 Å². The fourth-order valence-electron chi connectivity index (χ4n) is 0.977. The molecule has 70 valence electrons. The monoisotopic (exact) mass is 189 g/mol. The van der Waals surface area contributed by atoms with E-state index in [4.69, 9.17) is 7.98 Å². The van der Waals surface area contributed by atoms with Crippen LogP contribution in [0.5, 0.6) is 0 Å². The molecule has 0 aliphatic rings. The Bertz CT molecular complexity index is 117. The minimum atomic E-state index is 0.502. The molecule has 0 unspecified atom stereocenters. The summed E-state index contributed by atoms with van der Waals surface area (Å²) >= 11 is 3.66. The summed E-state index contributed by atoms with van der Waals surface area (Å²) in [6.07, 6.45) is 0. The highest BCUT2D eigenvalue weighted by Crippen LogP contribution is 1.90. The van der Waals surface area contributed by atoms with Crippen molar-refractivity contribution in [2.24, 2.45) is 0 Å². The highest BCUT2D eigenvalue weighted by atomic mass is 32.1. The second-order valence-corrected chi connectivity index (χ2v) is 3.27. The third-order valence-electron chi connectivity index (χ3n) is 1.23. The van der Waals surface area contributed by atoms with E-state index in [9.17, 15) is 0 Å². The SMILES string of the molecule is [B]N(C)CN(C)CN(C)COS. The van der Waals surface area contributed by atoms with Crippen LogP contribution in [0.4, 0.5) is 0 Å². The largest absolute Gasteiger partial charge is 0.345 e. The lowest BCUT2D eigenvalue weighted by molar-refractivity contribution is 0.0960. The van der Waals surface area contributed by atoms with Crippen molar-refractivity contribution in [3.8, 4) is 0 Å². The molecule has 0 aromatic rings. The van der Waals surface area contributed by atoms with E-state index in [0.29, 0.717) is 6.73 Å². The first-order valence-electron chi connectivity index (χ1n) is 3.65. The summed E-state index contributed by atoms with van der Waals surface area (Å²) in [6, 6.07) is 0. The molecule has 2 radical (unpaired) electrons. The molecule has 0 aliphatic carbocycles. The van der Waals surface area contributed by atoms with Crippen LogP contribution in [0.3, 0.4) is 0 Å². The second kappa shape index (κ2) is 6.74. The van der Waals surface area contributed by atoms with E-state index in [1.807, 2.05) is 26.0 Å². The van der Waals surface area contributed by atoms with E-state index in [1.54, 1.807) is 4.81 Å². The lowest BCUT2D eigenvalue weighted by Crippen LogP contribution is -2.39. The minimum Gasteiger partial charge on any atom is -0.345 e. The molecule has 0 saturated carbocycles. The van der Waals surface area contributed by atoms with Crippen LogP contribution >= 0.6 is 12.9 Å². The van der Waals surface area contributed by atoms with Crippen LogP contribution in [0.1, 0.15) is 0 Å². The van der Waals surface area contributed by atoms with Gasteiger partial charge in [-0.3, -0.25) is 9.80 Å². The van der Waals surface area contributed by atoms with Gasteiger partial charge in [-0.1, -0.05) is 0 Å². The molecule has 0 saturated heterocycles.